The zero-order chi connectivity index (χ0) is 57.2. The van der Waals surface area contributed by atoms with Crippen LogP contribution in [0.25, 0.3) is 154 Å². The predicted octanol–water partition coefficient (Wildman–Crippen LogP) is 21.1. The fraction of sp³-hybridized carbons (Fsp3) is 0. The maximum absolute atomic E-state index is 8.86. The average molecular weight is 1170 g/mol. The maximum atomic E-state index is 8.86. The van der Waals surface area contributed by atoms with Crippen LogP contribution in [0.3, 0.4) is 0 Å². The number of para-hydroxylation sites is 4. The van der Waals surface area contributed by atoms with Crippen LogP contribution in [0.15, 0.2) is 308 Å². The first-order valence-corrected chi connectivity index (χ1v) is 29.8. The van der Waals surface area contributed by atoms with Gasteiger partial charge in [0.15, 0.2) is 0 Å². The van der Waals surface area contributed by atoms with Crippen LogP contribution in [-0.4, -0.2) is 30.3 Å². The molecule has 406 valence electrons. The third kappa shape index (κ3) is 9.05. The largest absolute Gasteiger partial charge is 0.569 e. The minimum atomic E-state index is 0. The topological polar surface area (TPSA) is 39.3 Å². The second-order valence-corrected chi connectivity index (χ2v) is 22.9. The molecule has 2 heterocycles. The quantitative estimate of drug-likeness (QED) is 0.162. The lowest BCUT2D eigenvalue weighted by atomic mass is 9.93. The van der Waals surface area contributed by atoms with Crippen LogP contribution in [0, 0.1) is 0 Å². The van der Waals surface area contributed by atoms with Gasteiger partial charge in [-0.3, -0.25) is 0 Å². The van der Waals surface area contributed by atoms with Crippen molar-refractivity contribution in [3.05, 3.63) is 308 Å². The van der Waals surface area contributed by atoms with Gasteiger partial charge < -0.3 is 18.8 Å². The van der Waals surface area contributed by atoms with Crippen molar-refractivity contribution < 1.29 is 9.68 Å². The number of halogens is 1. The van der Waals surface area contributed by atoms with Crippen molar-refractivity contribution in [1.29, 1.82) is 0 Å². The van der Waals surface area contributed by atoms with E-state index in [9.17, 15) is 0 Å². The van der Waals surface area contributed by atoms with E-state index in [2.05, 4.69) is 310 Å². The van der Waals surface area contributed by atoms with Crippen LogP contribution in [0.5, 0.6) is 5.75 Å². The number of nitrogens with zero attached hydrogens (tertiary/aromatic N) is 2. The molecule has 0 bridgehead atoms. The van der Waals surface area contributed by atoms with E-state index in [4.69, 9.17) is 9.68 Å². The smallest absolute Gasteiger partial charge is 0.537 e. The lowest BCUT2D eigenvalue weighted by Gasteiger charge is -2.11. The number of aromatic nitrogens is 2. The number of fused-ring (bicyclic) bond motifs is 12. The van der Waals surface area contributed by atoms with Crippen molar-refractivity contribution in [3.63, 3.8) is 0 Å². The summed E-state index contributed by atoms with van der Waals surface area (Å²) in [5, 5.41) is 18.9. The molecule has 1 N–H and O–H groups in total. The van der Waals surface area contributed by atoms with E-state index in [0.717, 1.165) is 17.5 Å². The highest BCUT2D eigenvalue weighted by Crippen LogP contribution is 2.51. The summed E-state index contributed by atoms with van der Waals surface area (Å²) < 4.78 is 11.0. The van der Waals surface area contributed by atoms with Crippen LogP contribution in [0.1, 0.15) is 0 Å². The number of hydrogen-bond acceptors (Lipinski definition) is 2. The first-order valence-electron chi connectivity index (χ1n) is 29.0. The maximum Gasteiger partial charge on any atom is 0.569 e. The molecule has 2 aliphatic rings. The normalized spacial score (nSPS) is 11.5. The van der Waals surface area contributed by atoms with E-state index in [1.807, 2.05) is 18.2 Å². The molecule has 0 unspecified atom stereocenters. The molecule has 2 aromatic heterocycles. The molecular weight excluding hydrogens is 1120 g/mol. The van der Waals surface area contributed by atoms with E-state index in [0.29, 0.717) is 5.75 Å². The fourth-order valence-corrected chi connectivity index (χ4v) is 13.8. The molecule has 87 heavy (non-hydrogen) atoms. The zero-order valence-electron chi connectivity index (χ0n) is 47.2. The fourth-order valence-electron chi connectivity index (χ4n) is 13.5. The molecule has 4 nitrogen and oxygen atoms in total. The highest BCUT2D eigenvalue weighted by atomic mass is 79.9. The number of benzene rings is 14. The summed E-state index contributed by atoms with van der Waals surface area (Å²) in [5.74, 6) is 0.677. The summed E-state index contributed by atoms with van der Waals surface area (Å²) in [5.41, 5.74) is 25.1. The summed E-state index contributed by atoms with van der Waals surface area (Å²) in [6, 6.07) is 108. The summed E-state index contributed by atoms with van der Waals surface area (Å²) >= 11 is 3.52. The molecule has 0 saturated heterocycles. The molecule has 0 fully saturated rings. The molecule has 2 aliphatic carbocycles. The molecule has 16 aromatic rings. The average Bonchev–Trinajstić information content (AvgIpc) is 3.52. The van der Waals surface area contributed by atoms with Crippen LogP contribution >= 0.6 is 15.9 Å². The molecule has 0 spiro atoms. The number of rotatable bonds is 7. The Kier molecular flexibility index (Phi) is 13.6. The Hall–Kier alpha value is -10.4. The van der Waals surface area contributed by atoms with Gasteiger partial charge in [-0.05, 0) is 168 Å². The van der Waals surface area contributed by atoms with Crippen LogP contribution in [-0.2, 0) is 0 Å². The van der Waals surface area contributed by atoms with Crippen molar-refractivity contribution in [3.8, 4) is 95.0 Å². The Balaban J connectivity index is 0.000000119. The second-order valence-electron chi connectivity index (χ2n) is 22.0. The van der Waals surface area contributed by atoms with Crippen LogP contribution in [0.2, 0.25) is 0 Å². The Morgan fingerprint density at radius 3 is 1.14 bits per heavy atom. The Bertz CT molecular complexity index is 5250. The van der Waals surface area contributed by atoms with Crippen LogP contribution < -0.4 is 4.65 Å². The van der Waals surface area contributed by atoms with Gasteiger partial charge in [-0.2, -0.15) is 0 Å². The highest BCUT2D eigenvalue weighted by Gasteiger charge is 2.24. The molecular formula is C80H51B2BrN2O2. The standard InChI is InChI=1S/C40H25N.C24H16BrN.C16H10BO2.B/c1-2-9-29(10-3-1)41-38-16-7-6-13-33(38)37-25-28(21-24-39(37)41)26-17-19-27(20-18-26)30-22-23-36-32-12-5-4-11-31(32)35-15-8-14-34(30)40(35)36;25-19-13-10-17(11-14-19)18-12-15-24-22(16-18)21-8-4-5-9-23(21)26(24)20-6-2-1-3-7-20;18-17-19-15-9-8-13-11-5-2-1-4-10(11)12-6-3-7-14(15)16(12)13;/h1-25H;1-16H;1-9,18H;. The van der Waals surface area contributed by atoms with Crippen molar-refractivity contribution in [2.75, 3.05) is 0 Å². The third-order valence-electron chi connectivity index (χ3n) is 17.3. The highest BCUT2D eigenvalue weighted by molar-refractivity contribution is 9.10. The minimum Gasteiger partial charge on any atom is -0.537 e. The molecule has 0 atom stereocenters. The SMILES string of the molecule is Brc1ccc(-c2ccc3c(c2)c2ccccc2n3-c2ccccc2)cc1.O[B]Oc1ccc2c3c(cccc13)-c1ccccc1-2.[B].c1ccc(-n2c3ccccc3c3cc(-c4ccc(-c5ccc6c7c(cccc57)-c5ccccc5-6)cc4)ccc32)cc1. The summed E-state index contributed by atoms with van der Waals surface area (Å²) in [6.07, 6.45) is 0. The Labute approximate surface area is 515 Å². The van der Waals surface area contributed by atoms with Crippen molar-refractivity contribution in [1.82, 2.24) is 9.13 Å². The van der Waals surface area contributed by atoms with Crippen molar-refractivity contribution in [2.45, 2.75) is 0 Å². The molecule has 0 amide bonds. The van der Waals surface area contributed by atoms with Gasteiger partial charge in [0.1, 0.15) is 5.75 Å². The van der Waals surface area contributed by atoms with E-state index in [-0.39, 0.29) is 8.41 Å². The lowest BCUT2D eigenvalue weighted by molar-refractivity contribution is 0.457. The monoisotopic (exact) mass is 1170 g/mol. The van der Waals surface area contributed by atoms with E-state index < -0.39 is 0 Å². The molecule has 4 radical (unpaired) electrons. The Morgan fingerprint density at radius 2 is 0.632 bits per heavy atom. The number of hydrogen-bond donors (Lipinski definition) is 1. The molecule has 0 saturated carbocycles. The second kappa shape index (κ2) is 22.2. The molecule has 14 aromatic carbocycles. The van der Waals surface area contributed by atoms with Gasteiger partial charge in [-0.15, -0.1) is 0 Å². The Morgan fingerprint density at radius 1 is 0.276 bits per heavy atom. The van der Waals surface area contributed by atoms with E-state index in [1.165, 1.54) is 149 Å². The van der Waals surface area contributed by atoms with Gasteiger partial charge in [-0.25, -0.2) is 0 Å². The lowest BCUT2D eigenvalue weighted by Crippen LogP contribution is -2.00. The predicted molar refractivity (Wildman–Crippen MR) is 370 cm³/mol. The van der Waals surface area contributed by atoms with Gasteiger partial charge in [0.25, 0.3) is 0 Å². The van der Waals surface area contributed by atoms with Gasteiger partial charge in [0, 0.05) is 56.6 Å². The molecule has 0 aliphatic heterocycles. The van der Waals surface area contributed by atoms with Gasteiger partial charge >= 0.3 is 7.69 Å². The summed E-state index contributed by atoms with van der Waals surface area (Å²) in [7, 11) is 0.728. The summed E-state index contributed by atoms with van der Waals surface area (Å²) in [6.45, 7) is 0. The summed E-state index contributed by atoms with van der Waals surface area (Å²) in [4.78, 5) is 0. The third-order valence-corrected chi connectivity index (χ3v) is 17.8. The van der Waals surface area contributed by atoms with Crippen LogP contribution in [0.4, 0.5) is 0 Å². The van der Waals surface area contributed by atoms with E-state index >= 15 is 0 Å². The first-order chi connectivity index (χ1) is 42.6. The van der Waals surface area contributed by atoms with Gasteiger partial charge in [0.2, 0.25) is 0 Å². The zero-order valence-corrected chi connectivity index (χ0v) is 48.7. The molecule has 18 rings (SSSR count). The minimum absolute atomic E-state index is 0. The van der Waals surface area contributed by atoms with Gasteiger partial charge in [-0.1, -0.05) is 240 Å². The first kappa shape index (κ1) is 53.3. The van der Waals surface area contributed by atoms with Gasteiger partial charge in [0.05, 0.1) is 22.1 Å². The van der Waals surface area contributed by atoms with Crippen molar-refractivity contribution >= 4 is 97.2 Å². The van der Waals surface area contributed by atoms with E-state index in [1.54, 1.807) is 0 Å². The molecule has 7 heteroatoms. The van der Waals surface area contributed by atoms with Crippen molar-refractivity contribution in [2.24, 2.45) is 0 Å².